The van der Waals surface area contributed by atoms with Crippen molar-refractivity contribution in [1.29, 1.82) is 0 Å². The van der Waals surface area contributed by atoms with Crippen LogP contribution < -0.4 is 5.32 Å². The normalized spacial score (nSPS) is 23.8. The number of nitrogens with one attached hydrogen (secondary N) is 1. The standard InChI is InChI=1S/C14H23N3O/c1-12-4-2-5-13(10-12)16-14(18)6-3-8-17-9-7-15-11-17/h7,9,11-13H,2-6,8,10H2,1H3,(H,16,18)/t12-,13-/m1/s1. The van der Waals surface area contributed by atoms with Gasteiger partial charge in [-0.05, 0) is 25.2 Å². The summed E-state index contributed by atoms with van der Waals surface area (Å²) in [7, 11) is 0. The maximum absolute atomic E-state index is 11.8. The van der Waals surface area contributed by atoms with E-state index in [0.29, 0.717) is 12.5 Å². The van der Waals surface area contributed by atoms with Gasteiger partial charge in [-0.15, -0.1) is 0 Å². The molecule has 1 N–H and O–H groups in total. The van der Waals surface area contributed by atoms with Crippen LogP contribution in [0.5, 0.6) is 0 Å². The van der Waals surface area contributed by atoms with E-state index in [2.05, 4.69) is 17.2 Å². The Morgan fingerprint density at radius 2 is 2.39 bits per heavy atom. The number of aromatic nitrogens is 2. The lowest BCUT2D eigenvalue weighted by Crippen LogP contribution is -2.37. The highest BCUT2D eigenvalue weighted by molar-refractivity contribution is 5.76. The van der Waals surface area contributed by atoms with Gasteiger partial charge in [0.25, 0.3) is 0 Å². The lowest BCUT2D eigenvalue weighted by molar-refractivity contribution is -0.122. The molecule has 18 heavy (non-hydrogen) atoms. The molecule has 0 spiro atoms. The highest BCUT2D eigenvalue weighted by Crippen LogP contribution is 2.23. The highest BCUT2D eigenvalue weighted by Gasteiger charge is 2.19. The summed E-state index contributed by atoms with van der Waals surface area (Å²) in [5, 5.41) is 3.17. The second-order valence-electron chi connectivity index (χ2n) is 5.44. The summed E-state index contributed by atoms with van der Waals surface area (Å²) in [5.41, 5.74) is 0. The minimum Gasteiger partial charge on any atom is -0.353 e. The van der Waals surface area contributed by atoms with Crippen molar-refractivity contribution in [2.45, 2.75) is 58.0 Å². The number of carbonyl (C=O) groups excluding carboxylic acids is 1. The Labute approximate surface area is 109 Å². The third-order valence-corrected chi connectivity index (χ3v) is 3.68. The van der Waals surface area contributed by atoms with Crippen LogP contribution in [0.2, 0.25) is 0 Å². The molecular formula is C14H23N3O. The Balaban J connectivity index is 1.62. The van der Waals surface area contributed by atoms with E-state index in [-0.39, 0.29) is 5.91 Å². The minimum atomic E-state index is 0.203. The number of carbonyl (C=O) groups is 1. The zero-order valence-electron chi connectivity index (χ0n) is 11.1. The molecule has 1 fully saturated rings. The summed E-state index contributed by atoms with van der Waals surface area (Å²) in [6, 6.07) is 0.412. The number of rotatable bonds is 5. The average molecular weight is 249 g/mol. The smallest absolute Gasteiger partial charge is 0.220 e. The molecule has 0 radical (unpaired) electrons. The molecular weight excluding hydrogens is 226 g/mol. The van der Waals surface area contributed by atoms with Crippen molar-refractivity contribution in [3.8, 4) is 0 Å². The van der Waals surface area contributed by atoms with Gasteiger partial charge in [-0.3, -0.25) is 4.79 Å². The maximum atomic E-state index is 11.8. The fourth-order valence-electron chi connectivity index (χ4n) is 2.71. The van der Waals surface area contributed by atoms with Crippen LogP contribution in [0.25, 0.3) is 0 Å². The quantitative estimate of drug-likeness (QED) is 0.870. The molecule has 2 atom stereocenters. The first kappa shape index (κ1) is 13.1. The molecule has 1 aromatic heterocycles. The molecule has 2 rings (SSSR count). The van der Waals surface area contributed by atoms with E-state index in [1.807, 2.05) is 10.8 Å². The van der Waals surface area contributed by atoms with Crippen molar-refractivity contribution in [3.63, 3.8) is 0 Å². The van der Waals surface area contributed by atoms with Crippen LogP contribution in [-0.4, -0.2) is 21.5 Å². The molecule has 1 aliphatic carbocycles. The number of nitrogens with zero attached hydrogens (tertiary/aromatic N) is 2. The summed E-state index contributed by atoms with van der Waals surface area (Å²) >= 11 is 0. The topological polar surface area (TPSA) is 46.9 Å². The molecule has 1 saturated carbocycles. The summed E-state index contributed by atoms with van der Waals surface area (Å²) in [5.74, 6) is 0.962. The van der Waals surface area contributed by atoms with Crippen LogP contribution in [0.3, 0.4) is 0 Å². The Morgan fingerprint density at radius 3 is 3.11 bits per heavy atom. The largest absolute Gasteiger partial charge is 0.353 e. The zero-order valence-corrected chi connectivity index (χ0v) is 11.1. The van der Waals surface area contributed by atoms with Gasteiger partial charge in [0.2, 0.25) is 5.91 Å². The van der Waals surface area contributed by atoms with Crippen molar-refractivity contribution in [2.24, 2.45) is 5.92 Å². The number of hydrogen-bond acceptors (Lipinski definition) is 2. The third-order valence-electron chi connectivity index (χ3n) is 3.68. The average Bonchev–Trinajstić information content (AvgIpc) is 2.82. The number of hydrogen-bond donors (Lipinski definition) is 1. The van der Waals surface area contributed by atoms with Gasteiger partial charge >= 0.3 is 0 Å². The van der Waals surface area contributed by atoms with Gasteiger partial charge in [-0.2, -0.15) is 0 Å². The lowest BCUT2D eigenvalue weighted by Gasteiger charge is -2.27. The van der Waals surface area contributed by atoms with E-state index in [1.54, 1.807) is 12.5 Å². The van der Waals surface area contributed by atoms with Crippen molar-refractivity contribution in [2.75, 3.05) is 0 Å². The SMILES string of the molecule is C[C@@H]1CCC[C@@H](NC(=O)CCCn2ccnc2)C1. The Morgan fingerprint density at radius 1 is 1.50 bits per heavy atom. The molecule has 0 saturated heterocycles. The molecule has 4 nitrogen and oxygen atoms in total. The second kappa shape index (κ2) is 6.57. The van der Waals surface area contributed by atoms with Gasteiger partial charge in [-0.1, -0.05) is 19.8 Å². The van der Waals surface area contributed by atoms with Gasteiger partial charge in [-0.25, -0.2) is 4.98 Å². The van der Waals surface area contributed by atoms with Gasteiger partial charge < -0.3 is 9.88 Å². The molecule has 1 heterocycles. The predicted octanol–water partition coefficient (Wildman–Crippen LogP) is 2.36. The Hall–Kier alpha value is -1.32. The van der Waals surface area contributed by atoms with Crippen LogP contribution in [-0.2, 0) is 11.3 Å². The van der Waals surface area contributed by atoms with E-state index in [4.69, 9.17) is 0 Å². The molecule has 1 aromatic rings. The third kappa shape index (κ3) is 4.17. The summed E-state index contributed by atoms with van der Waals surface area (Å²) < 4.78 is 2.01. The summed E-state index contributed by atoms with van der Waals surface area (Å²) in [4.78, 5) is 15.8. The molecule has 0 unspecified atom stereocenters. The van der Waals surface area contributed by atoms with Crippen LogP contribution in [0.1, 0.15) is 45.4 Å². The monoisotopic (exact) mass is 249 g/mol. The first-order chi connectivity index (χ1) is 8.74. The molecule has 4 heteroatoms. The van der Waals surface area contributed by atoms with E-state index < -0.39 is 0 Å². The second-order valence-corrected chi connectivity index (χ2v) is 5.44. The summed E-state index contributed by atoms with van der Waals surface area (Å²) in [6.07, 6.45) is 11.8. The predicted molar refractivity (Wildman–Crippen MR) is 71.0 cm³/mol. The van der Waals surface area contributed by atoms with Crippen LogP contribution in [0, 0.1) is 5.92 Å². The fraction of sp³-hybridized carbons (Fsp3) is 0.714. The van der Waals surface area contributed by atoms with E-state index in [9.17, 15) is 4.79 Å². The first-order valence-electron chi connectivity index (χ1n) is 6.99. The number of imidazole rings is 1. The first-order valence-corrected chi connectivity index (χ1v) is 6.99. The van der Waals surface area contributed by atoms with Crippen molar-refractivity contribution in [1.82, 2.24) is 14.9 Å². The van der Waals surface area contributed by atoms with Crippen LogP contribution in [0.15, 0.2) is 18.7 Å². The zero-order chi connectivity index (χ0) is 12.8. The Kier molecular flexibility index (Phi) is 4.79. The van der Waals surface area contributed by atoms with Crippen molar-refractivity contribution < 1.29 is 4.79 Å². The Bertz CT molecular complexity index is 361. The minimum absolute atomic E-state index is 0.203. The van der Waals surface area contributed by atoms with Crippen LogP contribution in [0.4, 0.5) is 0 Å². The lowest BCUT2D eigenvalue weighted by atomic mass is 9.87. The molecule has 100 valence electrons. The summed E-state index contributed by atoms with van der Waals surface area (Å²) in [6.45, 7) is 3.14. The highest BCUT2D eigenvalue weighted by atomic mass is 16.1. The van der Waals surface area contributed by atoms with Gasteiger partial charge in [0.05, 0.1) is 6.33 Å². The molecule has 0 aromatic carbocycles. The molecule has 0 aliphatic heterocycles. The number of aryl methyl sites for hydroxylation is 1. The van der Waals surface area contributed by atoms with Gasteiger partial charge in [0.15, 0.2) is 0 Å². The maximum Gasteiger partial charge on any atom is 0.220 e. The van der Waals surface area contributed by atoms with Crippen molar-refractivity contribution >= 4 is 5.91 Å². The van der Waals surface area contributed by atoms with Gasteiger partial charge in [0.1, 0.15) is 0 Å². The number of amides is 1. The van der Waals surface area contributed by atoms with Gasteiger partial charge in [0, 0.05) is 31.4 Å². The van der Waals surface area contributed by atoms with E-state index in [0.717, 1.165) is 31.7 Å². The molecule has 1 amide bonds. The van der Waals surface area contributed by atoms with Crippen LogP contribution >= 0.6 is 0 Å². The van der Waals surface area contributed by atoms with E-state index >= 15 is 0 Å². The molecule has 0 bridgehead atoms. The molecule has 1 aliphatic rings. The van der Waals surface area contributed by atoms with Crippen molar-refractivity contribution in [3.05, 3.63) is 18.7 Å². The fourth-order valence-corrected chi connectivity index (χ4v) is 2.71. The van der Waals surface area contributed by atoms with E-state index in [1.165, 1.54) is 12.8 Å².